The summed E-state index contributed by atoms with van der Waals surface area (Å²) in [6.45, 7) is 1.39. The summed E-state index contributed by atoms with van der Waals surface area (Å²) in [5.41, 5.74) is 0.430. The van der Waals surface area contributed by atoms with Crippen molar-refractivity contribution in [3.8, 4) is 0 Å². The van der Waals surface area contributed by atoms with Gasteiger partial charge in [-0.15, -0.1) is 9.60 Å². The van der Waals surface area contributed by atoms with E-state index in [4.69, 9.17) is 0 Å². The number of hydrogen-bond donors (Lipinski definition) is 0. The Bertz CT molecular complexity index is 105. The van der Waals surface area contributed by atoms with Crippen molar-refractivity contribution in [3.05, 3.63) is 0 Å². The summed E-state index contributed by atoms with van der Waals surface area (Å²) in [5.74, 6) is 2.38. The lowest BCUT2D eigenvalue weighted by atomic mass is 9.85. The summed E-state index contributed by atoms with van der Waals surface area (Å²) in [7, 11) is 0. The van der Waals surface area contributed by atoms with Crippen molar-refractivity contribution in [2.24, 2.45) is 5.41 Å². The van der Waals surface area contributed by atoms with Crippen molar-refractivity contribution in [1.29, 1.82) is 0 Å². The molecule has 0 unspecified atom stereocenters. The summed E-state index contributed by atoms with van der Waals surface area (Å²) in [4.78, 5) is 0. The maximum absolute atomic E-state index is 12.1. The number of nitrogens with zero attached hydrogens (tertiary/aromatic N) is 1. The highest BCUT2D eigenvalue weighted by Crippen LogP contribution is 2.45. The van der Waals surface area contributed by atoms with E-state index < -0.39 is 0 Å². The highest BCUT2D eigenvalue weighted by molar-refractivity contribution is 8.00. The fourth-order valence-electron chi connectivity index (χ4n) is 1.25. The van der Waals surface area contributed by atoms with Crippen LogP contribution in [-0.2, 0) is 0 Å². The molecule has 3 heteroatoms. The maximum Gasteiger partial charge on any atom is 0.0376 e. The largest absolute Gasteiger partial charge is 0.161 e. The molecule has 1 nitrogen and oxygen atoms in total. The second kappa shape index (κ2) is 1.39. The summed E-state index contributed by atoms with van der Waals surface area (Å²) in [5, 5.41) is 0.902. The van der Waals surface area contributed by atoms with Crippen LogP contribution in [0.5, 0.6) is 0 Å². The van der Waals surface area contributed by atoms with Gasteiger partial charge in [0.05, 0.1) is 0 Å². The van der Waals surface area contributed by atoms with Crippen LogP contribution in [0.3, 0.4) is 0 Å². The van der Waals surface area contributed by atoms with Crippen LogP contribution in [0.1, 0.15) is 0 Å². The number of thioether (sulfide) groups is 1. The zero-order chi connectivity index (χ0) is 5.61. The van der Waals surface area contributed by atoms with E-state index >= 15 is 0 Å². The number of hydrogen-bond acceptors (Lipinski definition) is 2. The normalized spacial score (nSPS) is 34.1. The van der Waals surface area contributed by atoms with Crippen molar-refractivity contribution in [3.63, 3.8) is 0 Å². The minimum Gasteiger partial charge on any atom is -0.161 e. The minimum atomic E-state index is 0.430. The summed E-state index contributed by atoms with van der Waals surface area (Å²) >= 11 is 1.93. The van der Waals surface area contributed by atoms with Gasteiger partial charge in [0.2, 0.25) is 0 Å². The van der Waals surface area contributed by atoms with E-state index in [1.165, 1.54) is 11.5 Å². The van der Waals surface area contributed by atoms with Crippen LogP contribution >= 0.6 is 11.8 Å². The van der Waals surface area contributed by atoms with Gasteiger partial charge in [0.15, 0.2) is 0 Å². The predicted molar refractivity (Wildman–Crippen MR) is 32.4 cm³/mol. The quantitative estimate of drug-likeness (QED) is 0.452. The molecule has 2 fully saturated rings. The molecule has 0 radical (unpaired) electrons. The Balaban J connectivity index is 1.92. The van der Waals surface area contributed by atoms with Gasteiger partial charge in [-0.2, -0.15) is 11.8 Å². The first-order valence-corrected chi connectivity index (χ1v) is 3.95. The molecule has 2 saturated heterocycles. The average molecular weight is 133 g/mol. The zero-order valence-electron chi connectivity index (χ0n) is 4.56. The van der Waals surface area contributed by atoms with Crippen molar-refractivity contribution in [2.75, 3.05) is 24.6 Å². The second-order valence-corrected chi connectivity index (χ2v) is 3.76. The van der Waals surface area contributed by atoms with E-state index in [0.717, 1.165) is 5.12 Å². The number of halogens is 1. The molecule has 46 valence electrons. The number of rotatable bonds is 0. The Morgan fingerprint density at radius 3 is 2.12 bits per heavy atom. The summed E-state index contributed by atoms with van der Waals surface area (Å²) < 4.78 is 12.1. The molecular formula is C5H8FNS. The monoisotopic (exact) mass is 133 g/mol. The van der Waals surface area contributed by atoms with Crippen molar-refractivity contribution in [1.82, 2.24) is 5.12 Å². The van der Waals surface area contributed by atoms with Crippen LogP contribution in [0.4, 0.5) is 4.48 Å². The molecule has 2 heterocycles. The molecule has 0 bridgehead atoms. The summed E-state index contributed by atoms with van der Waals surface area (Å²) in [6.07, 6.45) is 0. The van der Waals surface area contributed by atoms with Gasteiger partial charge in [0, 0.05) is 30.0 Å². The van der Waals surface area contributed by atoms with Crippen LogP contribution in [0.25, 0.3) is 0 Å². The molecule has 2 aliphatic heterocycles. The lowest BCUT2D eigenvalue weighted by molar-refractivity contribution is -0.117. The third-order valence-electron chi connectivity index (χ3n) is 1.83. The van der Waals surface area contributed by atoms with Gasteiger partial charge in [-0.3, -0.25) is 0 Å². The standard InChI is InChI=1S/C5H8FNS/c6-7-1-5(2-7)3-8-4-5/h1-4H2. The van der Waals surface area contributed by atoms with Crippen LogP contribution in [0, 0.1) is 5.41 Å². The topological polar surface area (TPSA) is 3.24 Å². The maximum atomic E-state index is 12.1. The lowest BCUT2D eigenvalue weighted by Gasteiger charge is -2.51. The van der Waals surface area contributed by atoms with Gasteiger partial charge in [0.25, 0.3) is 0 Å². The van der Waals surface area contributed by atoms with Crippen molar-refractivity contribution < 1.29 is 4.48 Å². The van der Waals surface area contributed by atoms with Gasteiger partial charge >= 0.3 is 0 Å². The molecule has 1 spiro atoms. The van der Waals surface area contributed by atoms with Gasteiger partial charge in [0.1, 0.15) is 0 Å². The van der Waals surface area contributed by atoms with Crippen LogP contribution in [0.2, 0.25) is 0 Å². The molecule has 2 rings (SSSR count). The van der Waals surface area contributed by atoms with Crippen LogP contribution in [-0.4, -0.2) is 29.7 Å². The predicted octanol–water partition coefficient (Wildman–Crippen LogP) is 0.920. The van der Waals surface area contributed by atoms with E-state index in [9.17, 15) is 4.48 Å². The highest BCUT2D eigenvalue weighted by atomic mass is 32.2. The van der Waals surface area contributed by atoms with Gasteiger partial charge in [-0.25, -0.2) is 0 Å². The van der Waals surface area contributed by atoms with Crippen LogP contribution < -0.4 is 0 Å². The van der Waals surface area contributed by atoms with Crippen molar-refractivity contribution in [2.45, 2.75) is 0 Å². The fourth-order valence-corrected chi connectivity index (χ4v) is 2.40. The molecule has 0 aromatic rings. The molecule has 0 atom stereocenters. The Hall–Kier alpha value is 0.240. The molecule has 0 aromatic carbocycles. The first-order valence-electron chi connectivity index (χ1n) is 2.79. The third-order valence-corrected chi connectivity index (χ3v) is 3.46. The molecule has 2 aliphatic rings. The molecule has 0 aliphatic carbocycles. The Labute approximate surface area is 52.2 Å². The Morgan fingerprint density at radius 1 is 1.38 bits per heavy atom. The van der Waals surface area contributed by atoms with Gasteiger partial charge in [-0.05, 0) is 0 Å². The SMILES string of the molecule is FN1CC2(CSC2)C1. The van der Waals surface area contributed by atoms with Crippen LogP contribution in [0.15, 0.2) is 0 Å². The molecule has 0 N–H and O–H groups in total. The first-order chi connectivity index (χ1) is 3.81. The third kappa shape index (κ3) is 0.515. The van der Waals surface area contributed by atoms with Gasteiger partial charge in [-0.1, -0.05) is 0 Å². The molecule has 0 saturated carbocycles. The zero-order valence-corrected chi connectivity index (χ0v) is 5.38. The minimum absolute atomic E-state index is 0.430. The fraction of sp³-hybridized carbons (Fsp3) is 1.00. The Morgan fingerprint density at radius 2 is 2.00 bits per heavy atom. The Kier molecular flexibility index (Phi) is 0.879. The van der Waals surface area contributed by atoms with Gasteiger partial charge < -0.3 is 0 Å². The summed E-state index contributed by atoms with van der Waals surface area (Å²) in [6, 6.07) is 0. The van der Waals surface area contributed by atoms with E-state index in [-0.39, 0.29) is 0 Å². The smallest absolute Gasteiger partial charge is 0.0376 e. The van der Waals surface area contributed by atoms with E-state index in [2.05, 4.69) is 0 Å². The van der Waals surface area contributed by atoms with Crippen molar-refractivity contribution >= 4 is 11.8 Å². The lowest BCUT2D eigenvalue weighted by Crippen LogP contribution is -2.59. The second-order valence-electron chi connectivity index (χ2n) is 2.77. The molecule has 0 amide bonds. The molecular weight excluding hydrogens is 125 g/mol. The highest BCUT2D eigenvalue weighted by Gasteiger charge is 2.48. The molecule has 8 heavy (non-hydrogen) atoms. The first kappa shape index (κ1) is 5.06. The average Bonchev–Trinajstić information content (AvgIpc) is 1.51. The molecule has 0 aromatic heterocycles. The van der Waals surface area contributed by atoms with E-state index in [1.807, 2.05) is 11.8 Å². The van der Waals surface area contributed by atoms with E-state index in [0.29, 0.717) is 18.5 Å². The van der Waals surface area contributed by atoms with E-state index in [1.54, 1.807) is 0 Å².